The van der Waals surface area contributed by atoms with Crippen molar-refractivity contribution in [3.8, 4) is 11.8 Å². The van der Waals surface area contributed by atoms with E-state index in [9.17, 15) is 4.79 Å². The standard InChI is InChI=1S/C16H21NO2/c1-12-8-9-14(13(2)11-12)7-6-10-17-15(18)19-16(3,4)5/h8-9,11H,10H2,1-5H3,(H,17,18). The summed E-state index contributed by atoms with van der Waals surface area (Å²) >= 11 is 0. The smallest absolute Gasteiger partial charge is 0.408 e. The van der Waals surface area contributed by atoms with Crippen LogP contribution in [0.4, 0.5) is 4.79 Å². The Balaban J connectivity index is 2.50. The van der Waals surface area contributed by atoms with E-state index in [0.29, 0.717) is 0 Å². The van der Waals surface area contributed by atoms with Gasteiger partial charge in [-0.2, -0.15) is 0 Å². The average molecular weight is 259 g/mol. The first kappa shape index (κ1) is 15.1. The zero-order valence-corrected chi connectivity index (χ0v) is 12.3. The lowest BCUT2D eigenvalue weighted by Gasteiger charge is -2.19. The van der Waals surface area contributed by atoms with Gasteiger partial charge in [-0.25, -0.2) is 4.79 Å². The van der Waals surface area contributed by atoms with Crippen LogP contribution < -0.4 is 5.32 Å². The Morgan fingerprint density at radius 3 is 2.58 bits per heavy atom. The van der Waals surface area contributed by atoms with Gasteiger partial charge in [-0.3, -0.25) is 0 Å². The lowest BCUT2D eigenvalue weighted by molar-refractivity contribution is 0.0535. The predicted molar refractivity (Wildman–Crippen MR) is 77.0 cm³/mol. The molecule has 1 N–H and O–H groups in total. The van der Waals surface area contributed by atoms with Gasteiger partial charge in [0.05, 0.1) is 6.54 Å². The van der Waals surface area contributed by atoms with Crippen molar-refractivity contribution in [3.63, 3.8) is 0 Å². The zero-order valence-electron chi connectivity index (χ0n) is 12.3. The van der Waals surface area contributed by atoms with E-state index in [0.717, 1.165) is 11.1 Å². The highest BCUT2D eigenvalue weighted by Crippen LogP contribution is 2.08. The molecule has 0 aliphatic carbocycles. The van der Waals surface area contributed by atoms with Gasteiger partial charge in [0.2, 0.25) is 0 Å². The Hall–Kier alpha value is -1.95. The zero-order chi connectivity index (χ0) is 14.5. The third-order valence-corrected chi connectivity index (χ3v) is 2.32. The maximum Gasteiger partial charge on any atom is 0.408 e. The quantitative estimate of drug-likeness (QED) is 0.787. The van der Waals surface area contributed by atoms with Gasteiger partial charge in [-0.05, 0) is 46.2 Å². The average Bonchev–Trinajstić information content (AvgIpc) is 2.24. The Morgan fingerprint density at radius 1 is 1.32 bits per heavy atom. The van der Waals surface area contributed by atoms with Gasteiger partial charge in [-0.1, -0.05) is 29.5 Å². The molecule has 0 bridgehead atoms. The van der Waals surface area contributed by atoms with Crippen LogP contribution in [0.1, 0.15) is 37.5 Å². The topological polar surface area (TPSA) is 38.3 Å². The summed E-state index contributed by atoms with van der Waals surface area (Å²) in [6, 6.07) is 6.11. The Labute approximate surface area is 115 Å². The van der Waals surface area contributed by atoms with E-state index in [1.54, 1.807) is 0 Å². The van der Waals surface area contributed by atoms with Crippen molar-refractivity contribution in [3.05, 3.63) is 34.9 Å². The van der Waals surface area contributed by atoms with Crippen molar-refractivity contribution in [1.82, 2.24) is 5.32 Å². The maximum atomic E-state index is 11.4. The summed E-state index contributed by atoms with van der Waals surface area (Å²) in [5.74, 6) is 5.95. The van der Waals surface area contributed by atoms with Crippen molar-refractivity contribution in [2.75, 3.05) is 6.54 Å². The lowest BCUT2D eigenvalue weighted by atomic mass is 10.1. The molecular formula is C16H21NO2. The molecule has 102 valence electrons. The Kier molecular flexibility index (Phi) is 5.00. The maximum absolute atomic E-state index is 11.4. The van der Waals surface area contributed by atoms with Crippen molar-refractivity contribution in [2.45, 2.75) is 40.2 Å². The molecule has 0 aliphatic heterocycles. The van der Waals surface area contributed by atoms with Gasteiger partial charge in [-0.15, -0.1) is 0 Å². The number of hydrogen-bond acceptors (Lipinski definition) is 2. The summed E-state index contributed by atoms with van der Waals surface area (Å²) in [5.41, 5.74) is 2.86. The molecule has 0 aromatic heterocycles. The van der Waals surface area contributed by atoms with Gasteiger partial charge in [0, 0.05) is 5.56 Å². The number of amides is 1. The molecule has 1 aromatic rings. The lowest BCUT2D eigenvalue weighted by Crippen LogP contribution is -2.32. The Bertz CT molecular complexity index is 516. The normalized spacial score (nSPS) is 10.4. The fourth-order valence-corrected chi connectivity index (χ4v) is 1.52. The van der Waals surface area contributed by atoms with Gasteiger partial charge >= 0.3 is 6.09 Å². The Morgan fingerprint density at radius 2 is 2.00 bits per heavy atom. The minimum absolute atomic E-state index is 0.280. The van der Waals surface area contributed by atoms with E-state index in [1.807, 2.05) is 46.8 Å². The number of carbonyl (C=O) groups excluding carboxylic acids is 1. The molecule has 3 heteroatoms. The first-order chi connectivity index (χ1) is 8.78. The van der Waals surface area contributed by atoms with Crippen LogP contribution in [-0.2, 0) is 4.74 Å². The fourth-order valence-electron chi connectivity index (χ4n) is 1.52. The van der Waals surface area contributed by atoms with Crippen LogP contribution in [0.15, 0.2) is 18.2 Å². The largest absolute Gasteiger partial charge is 0.444 e. The second-order valence-corrected chi connectivity index (χ2v) is 5.48. The third-order valence-electron chi connectivity index (χ3n) is 2.32. The first-order valence-electron chi connectivity index (χ1n) is 6.31. The number of carbonyl (C=O) groups is 1. The number of rotatable bonds is 1. The third kappa shape index (κ3) is 5.96. The van der Waals surface area contributed by atoms with E-state index in [1.165, 1.54) is 5.56 Å². The summed E-state index contributed by atoms with van der Waals surface area (Å²) < 4.78 is 5.11. The van der Waals surface area contributed by atoms with Crippen molar-refractivity contribution in [2.24, 2.45) is 0 Å². The molecule has 1 aromatic carbocycles. The SMILES string of the molecule is Cc1ccc(C#CCNC(=O)OC(C)(C)C)c(C)c1. The van der Waals surface area contributed by atoms with E-state index in [4.69, 9.17) is 4.74 Å². The van der Waals surface area contributed by atoms with Gasteiger partial charge in [0.25, 0.3) is 0 Å². The number of aryl methyl sites for hydroxylation is 2. The van der Waals surface area contributed by atoms with Crippen LogP contribution in [0, 0.1) is 25.7 Å². The number of alkyl carbamates (subject to hydrolysis) is 1. The molecule has 0 radical (unpaired) electrons. The summed E-state index contributed by atoms with van der Waals surface area (Å²) in [5, 5.41) is 2.61. The number of nitrogens with one attached hydrogen (secondary N) is 1. The summed E-state index contributed by atoms with van der Waals surface area (Å²) in [4.78, 5) is 11.4. The van der Waals surface area contributed by atoms with Crippen LogP contribution in [-0.4, -0.2) is 18.2 Å². The van der Waals surface area contributed by atoms with Crippen molar-refractivity contribution in [1.29, 1.82) is 0 Å². The number of hydrogen-bond donors (Lipinski definition) is 1. The minimum Gasteiger partial charge on any atom is -0.444 e. The van der Waals surface area contributed by atoms with Gasteiger partial charge in [0.1, 0.15) is 5.60 Å². The van der Waals surface area contributed by atoms with Crippen LogP contribution in [0.5, 0.6) is 0 Å². The van der Waals surface area contributed by atoms with Crippen LogP contribution >= 0.6 is 0 Å². The second-order valence-electron chi connectivity index (χ2n) is 5.48. The molecule has 19 heavy (non-hydrogen) atoms. The highest BCUT2D eigenvalue weighted by atomic mass is 16.6. The molecule has 0 atom stereocenters. The number of benzene rings is 1. The first-order valence-corrected chi connectivity index (χ1v) is 6.31. The molecular weight excluding hydrogens is 238 g/mol. The van der Waals surface area contributed by atoms with E-state index < -0.39 is 11.7 Å². The van der Waals surface area contributed by atoms with Crippen molar-refractivity contribution >= 4 is 6.09 Å². The van der Waals surface area contributed by atoms with Crippen molar-refractivity contribution < 1.29 is 9.53 Å². The molecule has 0 saturated carbocycles. The molecule has 0 unspecified atom stereocenters. The highest BCUT2D eigenvalue weighted by Gasteiger charge is 2.14. The second kappa shape index (κ2) is 6.29. The summed E-state index contributed by atoms with van der Waals surface area (Å²) in [7, 11) is 0. The predicted octanol–water partition coefficient (Wildman–Crippen LogP) is 3.18. The molecule has 0 spiro atoms. The molecule has 0 saturated heterocycles. The summed E-state index contributed by atoms with van der Waals surface area (Å²) in [6.07, 6.45) is -0.442. The molecule has 3 nitrogen and oxygen atoms in total. The van der Waals surface area contributed by atoms with Gasteiger partial charge in [0.15, 0.2) is 0 Å². The van der Waals surface area contributed by atoms with Crippen LogP contribution in [0.3, 0.4) is 0 Å². The monoisotopic (exact) mass is 259 g/mol. The van der Waals surface area contributed by atoms with E-state index in [2.05, 4.69) is 23.2 Å². The highest BCUT2D eigenvalue weighted by molar-refractivity contribution is 5.68. The van der Waals surface area contributed by atoms with Crippen LogP contribution in [0.2, 0.25) is 0 Å². The number of ether oxygens (including phenoxy) is 1. The van der Waals surface area contributed by atoms with Crippen LogP contribution in [0.25, 0.3) is 0 Å². The van der Waals surface area contributed by atoms with Gasteiger partial charge < -0.3 is 10.1 Å². The minimum atomic E-state index is -0.481. The molecule has 0 aliphatic rings. The van der Waals surface area contributed by atoms with E-state index in [-0.39, 0.29) is 6.54 Å². The molecule has 1 rings (SSSR count). The molecule has 0 fully saturated rings. The molecule has 0 heterocycles. The molecule has 1 amide bonds. The summed E-state index contributed by atoms with van der Waals surface area (Å²) in [6.45, 7) is 9.84. The fraction of sp³-hybridized carbons (Fsp3) is 0.438. The van der Waals surface area contributed by atoms with E-state index >= 15 is 0 Å².